The normalized spacial score (nSPS) is 10.9. The van der Waals surface area contributed by atoms with E-state index in [-0.39, 0.29) is 11.6 Å². The lowest BCUT2D eigenvalue weighted by Crippen LogP contribution is -2.00. The third-order valence-corrected chi connectivity index (χ3v) is 5.14. The van der Waals surface area contributed by atoms with Crippen LogP contribution in [0.25, 0.3) is 12.2 Å². The number of hydrogen-bond donors (Lipinski definition) is 0. The predicted molar refractivity (Wildman–Crippen MR) is 132 cm³/mol. The maximum absolute atomic E-state index is 12.7. The molecule has 0 amide bonds. The van der Waals surface area contributed by atoms with Gasteiger partial charge in [-0.1, -0.05) is 18.2 Å². The molecule has 34 heavy (non-hydrogen) atoms. The van der Waals surface area contributed by atoms with E-state index >= 15 is 0 Å². The van der Waals surface area contributed by atoms with Gasteiger partial charge in [-0.3, -0.25) is 9.59 Å². The van der Waals surface area contributed by atoms with Crippen molar-refractivity contribution in [3.63, 3.8) is 0 Å². The molecule has 0 fully saturated rings. The van der Waals surface area contributed by atoms with Crippen molar-refractivity contribution in [3.8, 4) is 23.0 Å². The van der Waals surface area contributed by atoms with Crippen LogP contribution in [0.2, 0.25) is 0 Å². The second-order valence-corrected chi connectivity index (χ2v) is 7.19. The molecule has 0 aliphatic heterocycles. The van der Waals surface area contributed by atoms with E-state index in [0.29, 0.717) is 34.1 Å². The van der Waals surface area contributed by atoms with Crippen molar-refractivity contribution >= 4 is 23.7 Å². The summed E-state index contributed by atoms with van der Waals surface area (Å²) in [7, 11) is 6.26. The fraction of sp³-hybridized carbons (Fsp3) is 0.143. The number of hydrogen-bond acceptors (Lipinski definition) is 6. The number of ether oxygens (including phenoxy) is 4. The molecule has 3 aromatic rings. The van der Waals surface area contributed by atoms with E-state index in [0.717, 1.165) is 11.1 Å². The van der Waals surface area contributed by atoms with Gasteiger partial charge in [0.05, 0.1) is 28.4 Å². The Balaban J connectivity index is 1.77. The van der Waals surface area contributed by atoms with E-state index in [9.17, 15) is 9.59 Å². The number of carbonyl (C=O) groups is 2. The minimum atomic E-state index is -0.228. The molecular weight excluding hydrogens is 432 g/mol. The van der Waals surface area contributed by atoms with Crippen LogP contribution in [0.1, 0.15) is 31.8 Å². The third kappa shape index (κ3) is 5.92. The summed E-state index contributed by atoms with van der Waals surface area (Å²) in [5.41, 5.74) is 2.29. The maximum atomic E-state index is 12.7. The SMILES string of the molecule is COc1ccc(/C=C/C(=O)c2cccc(C(=O)/C=C/c3ccc(OC)cc3OC)c2)c(OC)c1. The molecule has 0 aromatic heterocycles. The number of allylic oxidation sites excluding steroid dienone is 2. The Hall–Kier alpha value is -4.32. The lowest BCUT2D eigenvalue weighted by molar-refractivity contribution is 0.104. The molecule has 6 heteroatoms. The molecule has 0 saturated heterocycles. The van der Waals surface area contributed by atoms with E-state index in [1.54, 1.807) is 101 Å². The number of rotatable bonds is 10. The summed E-state index contributed by atoms with van der Waals surface area (Å²) in [5, 5.41) is 0. The summed E-state index contributed by atoms with van der Waals surface area (Å²) in [4.78, 5) is 25.5. The van der Waals surface area contributed by atoms with Gasteiger partial charge in [0, 0.05) is 34.4 Å². The van der Waals surface area contributed by atoms with Gasteiger partial charge >= 0.3 is 0 Å². The molecule has 174 valence electrons. The molecule has 6 nitrogen and oxygen atoms in total. The zero-order valence-electron chi connectivity index (χ0n) is 19.5. The first-order valence-corrected chi connectivity index (χ1v) is 10.5. The maximum Gasteiger partial charge on any atom is 0.185 e. The van der Waals surface area contributed by atoms with Gasteiger partial charge in [0.2, 0.25) is 0 Å². The van der Waals surface area contributed by atoms with Gasteiger partial charge in [-0.2, -0.15) is 0 Å². The molecule has 0 unspecified atom stereocenters. The van der Waals surface area contributed by atoms with Crippen LogP contribution in [0.5, 0.6) is 23.0 Å². The molecule has 0 saturated carbocycles. The summed E-state index contributed by atoms with van der Waals surface area (Å²) < 4.78 is 21.1. The smallest absolute Gasteiger partial charge is 0.185 e. The molecule has 0 bridgehead atoms. The standard InChI is InChI=1S/C28H26O6/c1-31-23-12-8-19(27(17-23)33-3)10-14-25(29)21-6-5-7-22(16-21)26(30)15-11-20-9-13-24(32-2)18-28(20)34-4/h5-18H,1-4H3/b14-10+,15-11+. The van der Waals surface area contributed by atoms with Gasteiger partial charge < -0.3 is 18.9 Å². The summed E-state index contributed by atoms with van der Waals surface area (Å²) in [6.07, 6.45) is 6.24. The summed E-state index contributed by atoms with van der Waals surface area (Å²) in [5.74, 6) is 2.04. The van der Waals surface area contributed by atoms with Gasteiger partial charge in [-0.15, -0.1) is 0 Å². The van der Waals surface area contributed by atoms with E-state index in [4.69, 9.17) is 18.9 Å². The summed E-state index contributed by atoms with van der Waals surface area (Å²) in [6.45, 7) is 0. The Morgan fingerprint density at radius 3 is 1.41 bits per heavy atom. The second kappa shape index (κ2) is 11.5. The Labute approximate surface area is 199 Å². The molecular formula is C28H26O6. The highest BCUT2D eigenvalue weighted by molar-refractivity contribution is 6.11. The van der Waals surface area contributed by atoms with Crippen LogP contribution < -0.4 is 18.9 Å². The van der Waals surface area contributed by atoms with E-state index in [1.165, 1.54) is 12.2 Å². The van der Waals surface area contributed by atoms with Crippen LogP contribution in [0.3, 0.4) is 0 Å². The van der Waals surface area contributed by atoms with Crippen molar-refractivity contribution in [3.05, 3.63) is 95.1 Å². The van der Waals surface area contributed by atoms with Crippen LogP contribution in [-0.2, 0) is 0 Å². The lowest BCUT2D eigenvalue weighted by Gasteiger charge is -2.07. The highest BCUT2D eigenvalue weighted by Gasteiger charge is 2.09. The average Bonchev–Trinajstić information content (AvgIpc) is 2.89. The largest absolute Gasteiger partial charge is 0.497 e. The van der Waals surface area contributed by atoms with Crippen molar-refractivity contribution in [2.45, 2.75) is 0 Å². The van der Waals surface area contributed by atoms with Crippen molar-refractivity contribution in [2.24, 2.45) is 0 Å². The second-order valence-electron chi connectivity index (χ2n) is 7.19. The average molecular weight is 459 g/mol. The van der Waals surface area contributed by atoms with Gasteiger partial charge in [0.1, 0.15) is 23.0 Å². The minimum Gasteiger partial charge on any atom is -0.497 e. The van der Waals surface area contributed by atoms with Crippen LogP contribution in [0.4, 0.5) is 0 Å². The molecule has 0 N–H and O–H groups in total. The van der Waals surface area contributed by atoms with E-state index in [2.05, 4.69) is 0 Å². The predicted octanol–water partition coefficient (Wildman–Crippen LogP) is 5.51. The van der Waals surface area contributed by atoms with Crippen LogP contribution in [-0.4, -0.2) is 40.0 Å². The Bertz CT molecular complexity index is 1150. The third-order valence-electron chi connectivity index (χ3n) is 5.14. The van der Waals surface area contributed by atoms with Gasteiger partial charge in [-0.05, 0) is 54.6 Å². The molecule has 0 spiro atoms. The fourth-order valence-electron chi connectivity index (χ4n) is 3.26. The van der Waals surface area contributed by atoms with Gasteiger partial charge in [0.15, 0.2) is 11.6 Å². The highest BCUT2D eigenvalue weighted by atomic mass is 16.5. The fourth-order valence-corrected chi connectivity index (χ4v) is 3.26. The minimum absolute atomic E-state index is 0.228. The first-order chi connectivity index (χ1) is 16.5. The van der Waals surface area contributed by atoms with Crippen molar-refractivity contribution in [1.29, 1.82) is 0 Å². The monoisotopic (exact) mass is 458 g/mol. The topological polar surface area (TPSA) is 71.1 Å². The molecule has 0 aliphatic carbocycles. The van der Waals surface area contributed by atoms with Crippen LogP contribution >= 0.6 is 0 Å². The Morgan fingerprint density at radius 1 is 0.588 bits per heavy atom. The van der Waals surface area contributed by atoms with Crippen molar-refractivity contribution < 1.29 is 28.5 Å². The first-order valence-electron chi connectivity index (χ1n) is 10.5. The molecule has 0 aliphatic rings. The lowest BCUT2D eigenvalue weighted by atomic mass is 10.0. The van der Waals surface area contributed by atoms with Gasteiger partial charge in [-0.25, -0.2) is 0 Å². The van der Waals surface area contributed by atoms with Crippen LogP contribution in [0, 0.1) is 0 Å². The summed E-state index contributed by atoms with van der Waals surface area (Å²) >= 11 is 0. The number of methoxy groups -OCH3 is 4. The molecule has 0 atom stereocenters. The van der Waals surface area contributed by atoms with E-state index < -0.39 is 0 Å². The quantitative estimate of drug-likeness (QED) is 0.295. The van der Waals surface area contributed by atoms with Crippen molar-refractivity contribution in [1.82, 2.24) is 0 Å². The molecule has 3 aromatic carbocycles. The molecule has 3 rings (SSSR count). The summed E-state index contributed by atoms with van der Waals surface area (Å²) in [6, 6.07) is 17.3. The zero-order chi connectivity index (χ0) is 24.5. The number of carbonyl (C=O) groups excluding carboxylic acids is 2. The molecule has 0 heterocycles. The Morgan fingerprint density at radius 2 is 1.03 bits per heavy atom. The number of benzene rings is 3. The molecule has 0 radical (unpaired) electrons. The van der Waals surface area contributed by atoms with Crippen LogP contribution in [0.15, 0.2) is 72.8 Å². The van der Waals surface area contributed by atoms with Crippen molar-refractivity contribution in [2.75, 3.05) is 28.4 Å². The highest BCUT2D eigenvalue weighted by Crippen LogP contribution is 2.27. The Kier molecular flexibility index (Phi) is 8.24. The number of ketones is 2. The zero-order valence-corrected chi connectivity index (χ0v) is 19.5. The van der Waals surface area contributed by atoms with Gasteiger partial charge in [0.25, 0.3) is 0 Å². The van der Waals surface area contributed by atoms with E-state index in [1.807, 2.05) is 0 Å². The first kappa shape index (κ1) is 24.3.